The molecule has 0 spiro atoms. The Labute approximate surface area is 193 Å². The number of aromatic nitrogens is 2. The van der Waals surface area contributed by atoms with Gasteiger partial charge in [0.2, 0.25) is 5.91 Å². The van der Waals surface area contributed by atoms with Crippen molar-refractivity contribution in [3.8, 4) is 0 Å². The van der Waals surface area contributed by atoms with Gasteiger partial charge in [0.1, 0.15) is 17.6 Å². The second-order valence-corrected chi connectivity index (χ2v) is 7.88. The summed E-state index contributed by atoms with van der Waals surface area (Å²) in [6, 6.07) is 4.91. The Morgan fingerprint density at radius 3 is 2.39 bits per heavy atom. The minimum Gasteiger partial charge on any atom is -0.469 e. The number of amides is 2. The highest BCUT2D eigenvalue weighted by Gasteiger charge is 2.30. The van der Waals surface area contributed by atoms with E-state index >= 15 is 0 Å². The van der Waals surface area contributed by atoms with Crippen LogP contribution in [0, 0.1) is 11.7 Å². The first-order valence-corrected chi connectivity index (χ1v) is 11.3. The van der Waals surface area contributed by atoms with Gasteiger partial charge in [-0.3, -0.25) is 19.1 Å². The Kier molecular flexibility index (Phi) is 10.0. The van der Waals surface area contributed by atoms with Gasteiger partial charge in [0, 0.05) is 12.7 Å². The van der Waals surface area contributed by atoms with Crippen molar-refractivity contribution in [2.45, 2.75) is 65.5 Å². The lowest BCUT2D eigenvalue weighted by Crippen LogP contribution is -2.49. The molecule has 1 atom stereocenters. The molecule has 0 fully saturated rings. The molecule has 0 saturated heterocycles. The summed E-state index contributed by atoms with van der Waals surface area (Å²) in [7, 11) is 1.26. The lowest BCUT2D eigenvalue weighted by atomic mass is 9.89. The molecule has 8 nitrogen and oxygen atoms in total. The summed E-state index contributed by atoms with van der Waals surface area (Å²) in [6.07, 6.45) is 4.62. The molecule has 1 aromatic carbocycles. The number of esters is 1. The van der Waals surface area contributed by atoms with E-state index in [1.54, 1.807) is 16.8 Å². The van der Waals surface area contributed by atoms with E-state index in [9.17, 15) is 18.8 Å². The van der Waals surface area contributed by atoms with Gasteiger partial charge in [-0.05, 0) is 49.4 Å². The molecule has 0 aliphatic heterocycles. The fourth-order valence-corrected chi connectivity index (χ4v) is 3.83. The smallest absolute Gasteiger partial charge is 0.309 e. The predicted octanol–water partition coefficient (Wildman–Crippen LogP) is 3.71. The second-order valence-electron chi connectivity index (χ2n) is 7.88. The fraction of sp³-hybridized carbons (Fsp3) is 0.500. The Balaban J connectivity index is 2.25. The van der Waals surface area contributed by atoms with Crippen molar-refractivity contribution in [1.82, 2.24) is 15.1 Å². The number of methoxy groups -OCH3 is 1. The van der Waals surface area contributed by atoms with E-state index in [1.807, 2.05) is 20.8 Å². The number of benzene rings is 1. The number of aryl methyl sites for hydroxylation is 1. The van der Waals surface area contributed by atoms with Gasteiger partial charge < -0.3 is 15.4 Å². The van der Waals surface area contributed by atoms with Crippen LogP contribution in [0.1, 0.15) is 62.5 Å². The topological polar surface area (TPSA) is 102 Å². The molecule has 1 heterocycles. The van der Waals surface area contributed by atoms with Gasteiger partial charge >= 0.3 is 5.97 Å². The Morgan fingerprint density at radius 2 is 1.82 bits per heavy atom. The van der Waals surface area contributed by atoms with Crippen LogP contribution in [0.3, 0.4) is 0 Å². The Hall–Kier alpha value is -3.23. The van der Waals surface area contributed by atoms with Gasteiger partial charge in [0.15, 0.2) is 0 Å². The molecule has 2 aromatic rings. The first-order chi connectivity index (χ1) is 15.8. The third-order valence-electron chi connectivity index (χ3n) is 5.48. The monoisotopic (exact) mass is 460 g/mol. The molecule has 2 amide bonds. The van der Waals surface area contributed by atoms with Crippen LogP contribution in [0.2, 0.25) is 0 Å². The number of nitrogens with zero attached hydrogens (tertiary/aromatic N) is 2. The van der Waals surface area contributed by atoms with Crippen LogP contribution in [0.4, 0.5) is 10.1 Å². The molecule has 33 heavy (non-hydrogen) atoms. The van der Waals surface area contributed by atoms with Crippen molar-refractivity contribution < 1.29 is 23.5 Å². The number of halogens is 1. The maximum Gasteiger partial charge on any atom is 0.309 e. The number of carbonyl (C=O) groups excluding carboxylic acids is 3. The summed E-state index contributed by atoms with van der Waals surface area (Å²) < 4.78 is 20.8. The zero-order valence-electron chi connectivity index (χ0n) is 19.7. The average molecular weight is 461 g/mol. The molecule has 0 aliphatic rings. The SMILES string of the molecule is CCCC(CCC)C(NC(=O)c1ccnn1CC)C(=O)Nc1ccc(CC(=O)OC)cc1F. The van der Waals surface area contributed by atoms with Crippen LogP contribution >= 0.6 is 0 Å². The summed E-state index contributed by atoms with van der Waals surface area (Å²) in [4.78, 5) is 37.6. The minimum absolute atomic E-state index is 0.0155. The lowest BCUT2D eigenvalue weighted by Gasteiger charge is -2.27. The summed E-state index contributed by atoms with van der Waals surface area (Å²) in [5, 5.41) is 9.58. The van der Waals surface area contributed by atoms with Gasteiger partial charge in [-0.2, -0.15) is 5.10 Å². The molecule has 1 unspecified atom stereocenters. The summed E-state index contributed by atoms with van der Waals surface area (Å²) in [5.41, 5.74) is 0.781. The number of hydrogen-bond acceptors (Lipinski definition) is 5. The minimum atomic E-state index is -0.841. The van der Waals surface area contributed by atoms with E-state index in [4.69, 9.17) is 0 Å². The van der Waals surface area contributed by atoms with Gasteiger partial charge in [-0.25, -0.2) is 4.39 Å². The van der Waals surface area contributed by atoms with E-state index in [0.29, 0.717) is 17.8 Å². The normalized spacial score (nSPS) is 11.8. The molecular formula is C24H33FN4O4. The number of rotatable bonds is 12. The molecule has 9 heteroatoms. The van der Waals surface area contributed by atoms with Crippen molar-refractivity contribution >= 4 is 23.5 Å². The number of carbonyl (C=O) groups is 3. The van der Waals surface area contributed by atoms with Crippen LogP contribution in [0.25, 0.3) is 0 Å². The molecule has 0 bridgehead atoms. The summed E-state index contributed by atoms with van der Waals surface area (Å²) in [5.74, 6) is -2.15. The van der Waals surface area contributed by atoms with E-state index in [2.05, 4.69) is 20.5 Å². The van der Waals surface area contributed by atoms with Crippen LogP contribution in [0.15, 0.2) is 30.5 Å². The van der Waals surface area contributed by atoms with Crippen molar-refractivity contribution in [3.63, 3.8) is 0 Å². The molecule has 0 aliphatic carbocycles. The largest absolute Gasteiger partial charge is 0.469 e. The van der Waals surface area contributed by atoms with Crippen molar-refractivity contribution in [1.29, 1.82) is 0 Å². The predicted molar refractivity (Wildman–Crippen MR) is 123 cm³/mol. The number of hydrogen-bond donors (Lipinski definition) is 2. The van der Waals surface area contributed by atoms with E-state index in [0.717, 1.165) is 25.7 Å². The van der Waals surface area contributed by atoms with Crippen LogP contribution in [0.5, 0.6) is 0 Å². The van der Waals surface area contributed by atoms with Crippen LogP contribution in [-0.4, -0.2) is 40.7 Å². The van der Waals surface area contributed by atoms with Crippen LogP contribution < -0.4 is 10.6 Å². The zero-order valence-corrected chi connectivity index (χ0v) is 19.7. The average Bonchev–Trinajstić information content (AvgIpc) is 3.28. The summed E-state index contributed by atoms with van der Waals surface area (Å²) >= 11 is 0. The van der Waals surface area contributed by atoms with Gasteiger partial charge in [0.25, 0.3) is 5.91 Å². The molecule has 2 N–H and O–H groups in total. The highest BCUT2D eigenvalue weighted by atomic mass is 19.1. The van der Waals surface area contributed by atoms with Crippen LogP contribution in [-0.2, 0) is 27.3 Å². The quantitative estimate of drug-likeness (QED) is 0.470. The third kappa shape index (κ3) is 7.13. The number of nitrogens with one attached hydrogen (secondary N) is 2. The first-order valence-electron chi connectivity index (χ1n) is 11.3. The molecule has 2 rings (SSSR count). The highest BCUT2D eigenvalue weighted by Crippen LogP contribution is 2.22. The van der Waals surface area contributed by atoms with E-state index < -0.39 is 29.6 Å². The second kappa shape index (κ2) is 12.7. The number of anilines is 1. The maximum absolute atomic E-state index is 14.6. The molecule has 0 saturated carbocycles. The lowest BCUT2D eigenvalue weighted by molar-refractivity contribution is -0.139. The first kappa shape index (κ1) is 26.0. The van der Waals surface area contributed by atoms with Gasteiger partial charge in [-0.15, -0.1) is 0 Å². The maximum atomic E-state index is 14.6. The Bertz CT molecular complexity index is 954. The fourth-order valence-electron chi connectivity index (χ4n) is 3.83. The molecule has 0 radical (unpaired) electrons. The van der Waals surface area contributed by atoms with Crippen molar-refractivity contribution in [2.24, 2.45) is 5.92 Å². The third-order valence-corrected chi connectivity index (χ3v) is 5.48. The highest BCUT2D eigenvalue weighted by molar-refractivity contribution is 6.00. The van der Waals surface area contributed by atoms with E-state index in [-0.39, 0.29) is 18.0 Å². The van der Waals surface area contributed by atoms with Gasteiger partial charge in [-0.1, -0.05) is 32.8 Å². The summed E-state index contributed by atoms with van der Waals surface area (Å²) in [6.45, 7) is 6.43. The molecule has 1 aromatic heterocycles. The van der Waals surface area contributed by atoms with Crippen molar-refractivity contribution in [3.05, 3.63) is 47.5 Å². The molecular weight excluding hydrogens is 427 g/mol. The van der Waals surface area contributed by atoms with E-state index in [1.165, 1.54) is 25.4 Å². The number of ether oxygens (including phenoxy) is 1. The molecule has 180 valence electrons. The van der Waals surface area contributed by atoms with Crippen molar-refractivity contribution in [2.75, 3.05) is 12.4 Å². The zero-order chi connectivity index (χ0) is 24.4. The van der Waals surface area contributed by atoms with Gasteiger partial charge in [0.05, 0.1) is 19.2 Å². The Morgan fingerprint density at radius 1 is 1.12 bits per heavy atom. The standard InChI is InChI=1S/C24H33FN4O4/c1-5-8-17(9-6-2)22(28-23(31)20-12-13-26-29(20)7-3)24(32)27-19-11-10-16(14-18(19)25)15-21(30)33-4/h10-14,17,22H,5-9,15H2,1-4H3,(H,27,32)(H,28,31).